The van der Waals surface area contributed by atoms with Gasteiger partial charge in [0.2, 0.25) is 0 Å². The zero-order valence-electron chi connectivity index (χ0n) is 20.5. The van der Waals surface area contributed by atoms with Crippen LogP contribution >= 0.6 is 11.8 Å². The predicted molar refractivity (Wildman–Crippen MR) is 140 cm³/mol. The molecule has 1 aromatic carbocycles. The van der Waals surface area contributed by atoms with Crippen LogP contribution in [0.15, 0.2) is 47.6 Å². The van der Waals surface area contributed by atoms with Crippen LogP contribution in [0.1, 0.15) is 46.9 Å². The fourth-order valence-corrected chi connectivity index (χ4v) is 4.53. The fourth-order valence-electron chi connectivity index (χ4n) is 3.60. The molecule has 3 aromatic rings. The lowest BCUT2D eigenvalue weighted by atomic mass is 9.96. The van der Waals surface area contributed by atoms with Gasteiger partial charge in [0.05, 0.1) is 11.7 Å². The van der Waals surface area contributed by atoms with E-state index in [0.717, 1.165) is 18.4 Å². The quantitative estimate of drug-likeness (QED) is 0.343. The van der Waals surface area contributed by atoms with Crippen molar-refractivity contribution in [3.8, 4) is 29.0 Å². The average molecular weight is 515 g/mol. The minimum Gasteiger partial charge on any atom is -0.491 e. The highest BCUT2D eigenvalue weighted by Crippen LogP contribution is 2.39. The van der Waals surface area contributed by atoms with Crippen molar-refractivity contribution in [1.82, 2.24) is 15.3 Å². The number of aliphatic hydroxyl groups excluding tert-OH is 1. The van der Waals surface area contributed by atoms with Crippen molar-refractivity contribution in [1.29, 1.82) is 10.5 Å². The Morgan fingerprint density at radius 2 is 1.95 bits per heavy atom. The molecule has 1 amide bonds. The van der Waals surface area contributed by atoms with E-state index in [2.05, 4.69) is 27.8 Å². The van der Waals surface area contributed by atoms with E-state index in [4.69, 9.17) is 9.72 Å². The number of rotatable bonds is 10. The lowest BCUT2D eigenvalue weighted by Gasteiger charge is -2.16. The molecule has 0 unspecified atom stereocenters. The lowest BCUT2D eigenvalue weighted by molar-refractivity contribution is 0.0958. The highest BCUT2D eigenvalue weighted by molar-refractivity contribution is 7.98. The van der Waals surface area contributed by atoms with E-state index in [1.807, 2.05) is 6.07 Å². The Morgan fingerprint density at radius 3 is 2.57 bits per heavy atom. The van der Waals surface area contributed by atoms with Gasteiger partial charge >= 0.3 is 0 Å². The van der Waals surface area contributed by atoms with Crippen LogP contribution in [0.3, 0.4) is 0 Å². The Balaban J connectivity index is 1.72. The maximum absolute atomic E-state index is 12.0. The van der Waals surface area contributed by atoms with Crippen LogP contribution in [0.4, 0.5) is 5.82 Å². The van der Waals surface area contributed by atoms with E-state index in [9.17, 15) is 20.4 Å². The van der Waals surface area contributed by atoms with E-state index in [1.165, 1.54) is 11.8 Å². The second-order valence-corrected chi connectivity index (χ2v) is 9.60. The number of amides is 1. The van der Waals surface area contributed by atoms with E-state index in [-0.39, 0.29) is 18.6 Å². The van der Waals surface area contributed by atoms with Crippen LogP contribution < -0.4 is 15.4 Å². The second-order valence-electron chi connectivity index (χ2n) is 8.63. The summed E-state index contributed by atoms with van der Waals surface area (Å²) in [4.78, 5) is 20.8. The summed E-state index contributed by atoms with van der Waals surface area (Å²) in [5.74, 6) is 1.21. The van der Waals surface area contributed by atoms with Crippen LogP contribution in [0.25, 0.3) is 11.1 Å². The smallest absolute Gasteiger partial charge is 0.269 e. The minimum absolute atomic E-state index is 0.161. The molecule has 0 saturated heterocycles. The van der Waals surface area contributed by atoms with Gasteiger partial charge in [0.25, 0.3) is 5.91 Å². The number of carbonyl (C=O) groups is 1. The third-order valence-electron chi connectivity index (χ3n) is 5.60. The van der Waals surface area contributed by atoms with E-state index in [0.29, 0.717) is 50.3 Å². The largest absolute Gasteiger partial charge is 0.491 e. The second kappa shape index (κ2) is 11.7. The number of aromatic nitrogens is 2. The minimum atomic E-state index is -0.598. The van der Waals surface area contributed by atoms with Gasteiger partial charge in [0.1, 0.15) is 46.6 Å². The highest BCUT2D eigenvalue weighted by atomic mass is 32.2. The molecule has 2 heterocycles. The number of carbonyl (C=O) groups excluding carboxylic acids is 1. The van der Waals surface area contributed by atoms with Gasteiger partial charge in [-0.2, -0.15) is 10.5 Å². The number of nitrogens with one attached hydrogen (secondary N) is 2. The summed E-state index contributed by atoms with van der Waals surface area (Å²) < 4.78 is 5.56. The summed E-state index contributed by atoms with van der Waals surface area (Å²) in [6.07, 6.45) is 2.97. The van der Waals surface area contributed by atoms with E-state index < -0.39 is 6.10 Å². The van der Waals surface area contributed by atoms with Gasteiger partial charge in [-0.05, 0) is 55.2 Å². The molecule has 10 heteroatoms. The summed E-state index contributed by atoms with van der Waals surface area (Å²) in [7, 11) is 1.55. The first-order valence-corrected chi connectivity index (χ1v) is 12.8. The summed E-state index contributed by atoms with van der Waals surface area (Å²) in [5, 5.41) is 36.1. The summed E-state index contributed by atoms with van der Waals surface area (Å²) in [6.45, 7) is 1.80. The van der Waals surface area contributed by atoms with Crippen LogP contribution in [-0.4, -0.2) is 46.8 Å². The number of anilines is 1. The Kier molecular flexibility index (Phi) is 8.24. The van der Waals surface area contributed by atoms with Crippen molar-refractivity contribution in [2.24, 2.45) is 0 Å². The van der Waals surface area contributed by atoms with Crippen LogP contribution in [0.2, 0.25) is 0 Å². The zero-order chi connectivity index (χ0) is 26.4. The Bertz CT molecular complexity index is 1370. The molecule has 4 rings (SSSR count). The molecule has 1 fully saturated rings. The lowest BCUT2D eigenvalue weighted by Crippen LogP contribution is -2.19. The summed E-state index contributed by atoms with van der Waals surface area (Å²) in [6, 6.07) is 15.4. The number of hydrogen-bond acceptors (Lipinski definition) is 9. The molecule has 9 nitrogen and oxygen atoms in total. The molecule has 37 heavy (non-hydrogen) atoms. The molecule has 1 saturated carbocycles. The van der Waals surface area contributed by atoms with Crippen LogP contribution in [0.5, 0.6) is 5.75 Å². The SMILES string of the molecule is CNC(=O)c1cc(CSc2nc(NC3CC3)c(C#N)c(-c3ccc(OC[C@H](C)O)cc3)c2C#N)ccn1. The first-order valence-electron chi connectivity index (χ1n) is 11.8. The molecule has 2 aromatic heterocycles. The zero-order valence-corrected chi connectivity index (χ0v) is 21.3. The molecule has 0 bridgehead atoms. The molecule has 1 aliphatic carbocycles. The first kappa shape index (κ1) is 26.0. The van der Waals surface area contributed by atoms with Crippen molar-refractivity contribution in [2.45, 2.75) is 42.7 Å². The van der Waals surface area contributed by atoms with Crippen LogP contribution in [-0.2, 0) is 5.75 Å². The molecule has 1 atom stereocenters. The topological polar surface area (TPSA) is 144 Å². The molecule has 0 aliphatic heterocycles. The number of hydrogen-bond donors (Lipinski definition) is 3. The number of nitrogens with zero attached hydrogens (tertiary/aromatic N) is 4. The van der Waals surface area contributed by atoms with Gasteiger partial charge in [0.15, 0.2) is 0 Å². The first-order chi connectivity index (χ1) is 17.9. The predicted octanol–water partition coefficient (Wildman–Crippen LogP) is 3.87. The summed E-state index contributed by atoms with van der Waals surface area (Å²) >= 11 is 1.36. The van der Waals surface area contributed by atoms with Crippen molar-refractivity contribution in [3.05, 3.63) is 65.0 Å². The molecule has 1 aliphatic rings. The van der Waals surface area contributed by atoms with Gasteiger partial charge in [-0.15, -0.1) is 11.8 Å². The van der Waals surface area contributed by atoms with Gasteiger partial charge in [-0.3, -0.25) is 9.78 Å². The van der Waals surface area contributed by atoms with Gasteiger partial charge < -0.3 is 20.5 Å². The van der Waals surface area contributed by atoms with Crippen molar-refractivity contribution in [3.63, 3.8) is 0 Å². The highest BCUT2D eigenvalue weighted by Gasteiger charge is 2.27. The molecule has 0 radical (unpaired) electrons. The van der Waals surface area contributed by atoms with Gasteiger partial charge in [-0.1, -0.05) is 12.1 Å². The monoisotopic (exact) mass is 514 g/mol. The molecule has 188 valence electrons. The van der Waals surface area contributed by atoms with Crippen molar-refractivity contribution < 1.29 is 14.6 Å². The summed E-state index contributed by atoms with van der Waals surface area (Å²) in [5.41, 5.74) is 2.98. The number of ether oxygens (including phenoxy) is 1. The molecular formula is C27H26N6O3S. The Labute approximate surface area is 219 Å². The fraction of sp³-hybridized carbons (Fsp3) is 0.296. The molecule has 3 N–H and O–H groups in total. The number of aliphatic hydroxyl groups is 1. The molecular weight excluding hydrogens is 488 g/mol. The third kappa shape index (κ3) is 6.36. The standard InChI is InChI=1S/C27H26N6O3S/c1-16(34)14-36-20-7-3-18(4-8-20)24-21(12-28)25(32-19-5-6-19)33-27(22(24)13-29)37-15-17-9-10-31-23(11-17)26(35)30-2/h3-4,7-11,16,19,34H,5-6,14-15H2,1-2H3,(H,30,35)(H,32,33)/t16-/m0/s1. The maximum atomic E-state index is 12.0. The molecule has 0 spiro atoms. The number of nitriles is 2. The maximum Gasteiger partial charge on any atom is 0.269 e. The van der Waals surface area contributed by atoms with Gasteiger partial charge in [-0.25, -0.2) is 4.98 Å². The number of benzene rings is 1. The number of thioether (sulfide) groups is 1. The van der Waals surface area contributed by atoms with Crippen molar-refractivity contribution >= 4 is 23.5 Å². The van der Waals surface area contributed by atoms with Crippen LogP contribution in [0, 0.1) is 22.7 Å². The van der Waals surface area contributed by atoms with E-state index >= 15 is 0 Å². The van der Waals surface area contributed by atoms with Crippen molar-refractivity contribution in [2.75, 3.05) is 19.0 Å². The number of pyridine rings is 2. The Morgan fingerprint density at radius 1 is 1.22 bits per heavy atom. The Hall–Kier alpha value is -4.12. The average Bonchev–Trinajstić information content (AvgIpc) is 3.74. The third-order valence-corrected chi connectivity index (χ3v) is 6.65. The normalized spacial score (nSPS) is 13.2. The van der Waals surface area contributed by atoms with Gasteiger partial charge in [0, 0.05) is 30.6 Å². The van der Waals surface area contributed by atoms with E-state index in [1.54, 1.807) is 50.5 Å².